The summed E-state index contributed by atoms with van der Waals surface area (Å²) in [7, 11) is 2.79. The summed E-state index contributed by atoms with van der Waals surface area (Å²) >= 11 is 0. The molecule has 3 aromatic rings. The number of aryl methyl sites for hydroxylation is 2. The van der Waals surface area contributed by atoms with Gasteiger partial charge in [-0.2, -0.15) is 13.2 Å². The molecule has 0 amide bonds. The Morgan fingerprint density at radius 1 is 1.00 bits per heavy atom. The molecule has 1 unspecified atom stereocenters. The Labute approximate surface area is 181 Å². The van der Waals surface area contributed by atoms with Gasteiger partial charge in [-0.1, -0.05) is 30.3 Å². The molecule has 2 aromatic carbocycles. The number of ether oxygens (including phenoxy) is 1. The van der Waals surface area contributed by atoms with Crippen LogP contribution in [0.25, 0.3) is 0 Å². The zero-order valence-electron chi connectivity index (χ0n) is 17.4. The molecule has 0 fully saturated rings. The fourth-order valence-electron chi connectivity index (χ4n) is 3.27. The number of nitrogens with zero attached hydrogens (tertiary/aromatic N) is 2. The first-order valence-corrected chi connectivity index (χ1v) is 9.76. The van der Waals surface area contributed by atoms with E-state index < -0.39 is 35.1 Å². The zero-order valence-corrected chi connectivity index (χ0v) is 17.4. The number of rotatable bonds is 6. The minimum atomic E-state index is -4.53. The predicted molar refractivity (Wildman–Crippen MR) is 111 cm³/mol. The van der Waals surface area contributed by atoms with Crippen LogP contribution >= 0.6 is 0 Å². The van der Waals surface area contributed by atoms with Gasteiger partial charge in [-0.15, -0.1) is 0 Å². The van der Waals surface area contributed by atoms with Crippen molar-refractivity contribution in [1.82, 2.24) is 9.13 Å². The molecule has 0 saturated heterocycles. The molecule has 0 aliphatic carbocycles. The van der Waals surface area contributed by atoms with Gasteiger partial charge >= 0.3 is 17.8 Å². The lowest BCUT2D eigenvalue weighted by molar-refractivity contribution is -0.137. The van der Waals surface area contributed by atoms with Crippen molar-refractivity contribution >= 4 is 5.97 Å². The molecule has 1 heterocycles. The van der Waals surface area contributed by atoms with E-state index in [1.165, 1.54) is 24.9 Å². The summed E-state index contributed by atoms with van der Waals surface area (Å²) in [5.74, 6) is -0.868. The van der Waals surface area contributed by atoms with E-state index in [0.29, 0.717) is 6.42 Å². The fraction of sp³-hybridized carbons (Fsp3) is 0.261. The molecule has 3 rings (SSSR count). The Balaban J connectivity index is 1.91. The van der Waals surface area contributed by atoms with E-state index in [1.54, 1.807) is 0 Å². The molecule has 0 spiro atoms. The maximum atomic E-state index is 12.8. The molecule has 6 nitrogen and oxygen atoms in total. The number of aromatic nitrogens is 2. The summed E-state index contributed by atoms with van der Waals surface area (Å²) in [5.41, 5.74) is -1.05. The van der Waals surface area contributed by atoms with Gasteiger partial charge in [0, 0.05) is 20.3 Å². The lowest BCUT2D eigenvalue weighted by atomic mass is 10.0. The first-order chi connectivity index (χ1) is 15.1. The molecule has 0 aliphatic heterocycles. The Bertz CT molecular complexity index is 1210. The van der Waals surface area contributed by atoms with Gasteiger partial charge in [0.25, 0.3) is 5.56 Å². The van der Waals surface area contributed by atoms with Gasteiger partial charge in [-0.05, 0) is 42.7 Å². The van der Waals surface area contributed by atoms with E-state index in [2.05, 4.69) is 0 Å². The third-order valence-electron chi connectivity index (χ3n) is 5.06. The average Bonchev–Trinajstić information content (AvgIpc) is 2.78. The number of hydrogen-bond acceptors (Lipinski definition) is 4. The van der Waals surface area contributed by atoms with Crippen LogP contribution in [0.3, 0.4) is 0 Å². The van der Waals surface area contributed by atoms with Crippen molar-refractivity contribution in [3.63, 3.8) is 0 Å². The Hall–Kier alpha value is -3.62. The highest BCUT2D eigenvalue weighted by atomic mass is 19.4. The lowest BCUT2D eigenvalue weighted by Gasteiger charge is -2.19. The van der Waals surface area contributed by atoms with Crippen molar-refractivity contribution in [3.8, 4) is 0 Å². The van der Waals surface area contributed by atoms with Crippen LogP contribution < -0.4 is 11.2 Å². The number of benzene rings is 2. The molecule has 0 bridgehead atoms. The average molecular weight is 446 g/mol. The molecule has 0 saturated carbocycles. The number of carbonyl (C=O) groups excluding carboxylic acids is 1. The minimum Gasteiger partial charge on any atom is -0.454 e. The second-order valence-corrected chi connectivity index (χ2v) is 7.34. The summed E-state index contributed by atoms with van der Waals surface area (Å²) in [5, 5.41) is 0. The first-order valence-electron chi connectivity index (χ1n) is 9.76. The largest absolute Gasteiger partial charge is 0.454 e. The standard InChI is InChI=1S/C23H21F3N2O4/c1-27-14-18(20(29)28(2)22(27)31)19(13-8-15-6-4-3-5-7-15)32-21(30)16-9-11-17(12-10-16)23(24,25)26/h3-7,9-12,14,19H,8,13H2,1-2H3. The van der Waals surface area contributed by atoms with E-state index in [0.717, 1.165) is 34.4 Å². The van der Waals surface area contributed by atoms with Crippen LogP contribution in [0, 0.1) is 0 Å². The minimum absolute atomic E-state index is 0.0793. The fourth-order valence-corrected chi connectivity index (χ4v) is 3.27. The quantitative estimate of drug-likeness (QED) is 0.543. The molecule has 0 N–H and O–H groups in total. The maximum Gasteiger partial charge on any atom is 0.416 e. The van der Waals surface area contributed by atoms with Gasteiger partial charge in [-0.3, -0.25) is 9.36 Å². The van der Waals surface area contributed by atoms with Crippen molar-refractivity contribution in [3.05, 3.63) is 104 Å². The van der Waals surface area contributed by atoms with Crippen molar-refractivity contribution in [2.24, 2.45) is 14.1 Å². The number of carbonyl (C=O) groups is 1. The summed E-state index contributed by atoms with van der Waals surface area (Å²) in [6, 6.07) is 13.0. The highest BCUT2D eigenvalue weighted by Crippen LogP contribution is 2.29. The Kier molecular flexibility index (Phi) is 6.67. The normalized spacial score (nSPS) is 12.4. The maximum absolute atomic E-state index is 12.8. The van der Waals surface area contributed by atoms with Gasteiger partial charge in [0.1, 0.15) is 6.10 Å². The SMILES string of the molecule is Cn1cc(C(CCc2ccccc2)OC(=O)c2ccc(C(F)(F)F)cc2)c(=O)n(C)c1=O. The number of halogens is 3. The highest BCUT2D eigenvalue weighted by molar-refractivity contribution is 5.89. The van der Waals surface area contributed by atoms with Gasteiger partial charge in [0.05, 0.1) is 16.7 Å². The number of esters is 1. The third kappa shape index (κ3) is 5.16. The molecule has 1 atom stereocenters. The van der Waals surface area contributed by atoms with Crippen LogP contribution in [0.1, 0.15) is 39.6 Å². The van der Waals surface area contributed by atoms with Crippen molar-refractivity contribution in [2.75, 3.05) is 0 Å². The molecule has 168 valence electrons. The molecule has 0 aliphatic rings. The molecular weight excluding hydrogens is 425 g/mol. The molecule has 9 heteroatoms. The van der Waals surface area contributed by atoms with E-state index in [9.17, 15) is 27.6 Å². The highest BCUT2D eigenvalue weighted by Gasteiger charge is 2.30. The third-order valence-corrected chi connectivity index (χ3v) is 5.06. The monoisotopic (exact) mass is 446 g/mol. The number of hydrogen-bond donors (Lipinski definition) is 0. The van der Waals surface area contributed by atoms with Crippen molar-refractivity contribution < 1.29 is 22.7 Å². The summed E-state index contributed by atoms with van der Waals surface area (Å²) in [6.07, 6.45) is -3.50. The van der Waals surface area contributed by atoms with Crippen molar-refractivity contribution in [1.29, 1.82) is 0 Å². The van der Waals surface area contributed by atoms with Gasteiger partial charge in [0.15, 0.2) is 0 Å². The van der Waals surface area contributed by atoms with Gasteiger partial charge in [0.2, 0.25) is 0 Å². The van der Waals surface area contributed by atoms with Crippen LogP contribution in [-0.4, -0.2) is 15.1 Å². The summed E-state index contributed by atoms with van der Waals surface area (Å²) in [6.45, 7) is 0. The van der Waals surface area contributed by atoms with E-state index in [4.69, 9.17) is 4.74 Å². The summed E-state index contributed by atoms with van der Waals surface area (Å²) < 4.78 is 46.0. The Morgan fingerprint density at radius 2 is 1.62 bits per heavy atom. The molecule has 0 radical (unpaired) electrons. The first kappa shape index (κ1) is 23.1. The van der Waals surface area contributed by atoms with Crippen LogP contribution in [0.15, 0.2) is 70.4 Å². The Morgan fingerprint density at radius 3 is 2.22 bits per heavy atom. The van der Waals surface area contributed by atoms with Crippen LogP contribution in [0.5, 0.6) is 0 Å². The zero-order chi connectivity index (χ0) is 23.5. The van der Waals surface area contributed by atoms with E-state index in [1.807, 2.05) is 30.3 Å². The van der Waals surface area contributed by atoms with Crippen molar-refractivity contribution in [2.45, 2.75) is 25.1 Å². The number of alkyl halides is 3. The van der Waals surface area contributed by atoms with Gasteiger partial charge < -0.3 is 9.30 Å². The second-order valence-electron chi connectivity index (χ2n) is 7.34. The lowest BCUT2D eigenvalue weighted by Crippen LogP contribution is -2.39. The van der Waals surface area contributed by atoms with Crippen LogP contribution in [-0.2, 0) is 31.4 Å². The topological polar surface area (TPSA) is 70.3 Å². The molecular formula is C23H21F3N2O4. The van der Waals surface area contributed by atoms with Crippen LogP contribution in [0.2, 0.25) is 0 Å². The second kappa shape index (κ2) is 9.25. The molecule has 1 aromatic heterocycles. The molecule has 32 heavy (non-hydrogen) atoms. The summed E-state index contributed by atoms with van der Waals surface area (Å²) in [4.78, 5) is 37.4. The van der Waals surface area contributed by atoms with Crippen LogP contribution in [0.4, 0.5) is 13.2 Å². The predicted octanol–water partition coefficient (Wildman–Crippen LogP) is 3.63. The van der Waals surface area contributed by atoms with E-state index >= 15 is 0 Å². The van der Waals surface area contributed by atoms with E-state index in [-0.39, 0.29) is 17.5 Å². The van der Waals surface area contributed by atoms with Gasteiger partial charge in [-0.25, -0.2) is 9.59 Å². The smallest absolute Gasteiger partial charge is 0.416 e.